The van der Waals surface area contributed by atoms with Crippen LogP contribution in [0.2, 0.25) is 0 Å². The van der Waals surface area contributed by atoms with Gasteiger partial charge in [0.15, 0.2) is 0 Å². The van der Waals surface area contributed by atoms with Gasteiger partial charge in [0.1, 0.15) is 6.61 Å². The number of alkyl halides is 2. The highest BCUT2D eigenvalue weighted by Crippen LogP contribution is 2.20. The molecule has 0 spiro atoms. The Morgan fingerprint density at radius 2 is 1.79 bits per heavy atom. The number of benzene rings is 2. The van der Waals surface area contributed by atoms with E-state index >= 15 is 0 Å². The van der Waals surface area contributed by atoms with E-state index in [0.29, 0.717) is 6.42 Å². The molecule has 0 saturated carbocycles. The number of hydrogen-bond acceptors (Lipinski definition) is 2. The molecule has 2 nitrogen and oxygen atoms in total. The van der Waals surface area contributed by atoms with Crippen LogP contribution in [0.1, 0.15) is 18.0 Å². The Labute approximate surface area is 111 Å². The molecule has 0 fully saturated rings. The fourth-order valence-electron chi connectivity index (χ4n) is 1.99. The fourth-order valence-corrected chi connectivity index (χ4v) is 1.99. The van der Waals surface area contributed by atoms with Crippen LogP contribution in [0.15, 0.2) is 42.5 Å². The maximum Gasteiger partial charge on any atom is 0.261 e. The van der Waals surface area contributed by atoms with Crippen LogP contribution in [0.25, 0.3) is 10.8 Å². The lowest BCUT2D eigenvalue weighted by molar-refractivity contribution is 0.0152. The monoisotopic (exact) mass is 265 g/mol. The van der Waals surface area contributed by atoms with Crippen LogP contribution in [0, 0.1) is 0 Å². The van der Waals surface area contributed by atoms with Crippen molar-refractivity contribution in [2.24, 2.45) is 5.73 Å². The molecule has 1 unspecified atom stereocenters. The summed E-state index contributed by atoms with van der Waals surface area (Å²) in [6.07, 6.45) is -1.89. The molecule has 102 valence electrons. The fraction of sp³-hybridized carbons (Fsp3) is 0.333. The molecule has 19 heavy (non-hydrogen) atoms. The Morgan fingerprint density at radius 1 is 1.05 bits per heavy atom. The first kappa shape index (κ1) is 13.9. The number of halogens is 2. The average molecular weight is 265 g/mol. The van der Waals surface area contributed by atoms with E-state index in [0.717, 1.165) is 16.3 Å². The van der Waals surface area contributed by atoms with Gasteiger partial charge >= 0.3 is 0 Å². The van der Waals surface area contributed by atoms with Crippen molar-refractivity contribution in [1.29, 1.82) is 0 Å². The van der Waals surface area contributed by atoms with Gasteiger partial charge in [0.25, 0.3) is 6.43 Å². The maximum atomic E-state index is 11.9. The standard InChI is InChI=1S/C15H17F2NO/c16-15(17)10-19-8-7-14(18)13-6-5-11-3-1-2-4-12(11)9-13/h1-6,9,14-15H,7-8,10,18H2. The van der Waals surface area contributed by atoms with Crippen LogP contribution in [-0.4, -0.2) is 19.6 Å². The van der Waals surface area contributed by atoms with Gasteiger partial charge in [-0.3, -0.25) is 0 Å². The summed E-state index contributed by atoms with van der Waals surface area (Å²) in [6, 6.07) is 13.9. The first-order valence-corrected chi connectivity index (χ1v) is 6.27. The van der Waals surface area contributed by atoms with Gasteiger partial charge in [-0.15, -0.1) is 0 Å². The molecule has 1 atom stereocenters. The molecule has 0 amide bonds. The van der Waals surface area contributed by atoms with Crippen molar-refractivity contribution in [3.8, 4) is 0 Å². The van der Waals surface area contributed by atoms with Gasteiger partial charge in [-0.2, -0.15) is 0 Å². The third-order valence-corrected chi connectivity index (χ3v) is 3.02. The molecular formula is C15H17F2NO. The molecule has 0 saturated heterocycles. The summed E-state index contributed by atoms with van der Waals surface area (Å²) in [6.45, 7) is -0.275. The lowest BCUT2D eigenvalue weighted by atomic mass is 10.0. The van der Waals surface area contributed by atoms with E-state index in [1.54, 1.807) is 0 Å². The summed E-state index contributed by atoms with van der Waals surface area (Å²) < 4.78 is 28.6. The zero-order chi connectivity index (χ0) is 13.7. The molecule has 0 aliphatic heterocycles. The van der Waals surface area contributed by atoms with Crippen LogP contribution < -0.4 is 5.73 Å². The van der Waals surface area contributed by atoms with Gasteiger partial charge in [0, 0.05) is 12.6 Å². The molecule has 2 aromatic carbocycles. The van der Waals surface area contributed by atoms with Crippen LogP contribution in [0.5, 0.6) is 0 Å². The summed E-state index contributed by atoms with van der Waals surface area (Å²) in [5.74, 6) is 0. The van der Waals surface area contributed by atoms with E-state index in [9.17, 15) is 8.78 Å². The number of ether oxygens (including phenoxy) is 1. The number of fused-ring (bicyclic) bond motifs is 1. The van der Waals surface area contributed by atoms with Gasteiger partial charge in [-0.25, -0.2) is 8.78 Å². The molecule has 0 bridgehead atoms. The van der Waals surface area contributed by atoms with Crippen LogP contribution in [0.3, 0.4) is 0 Å². The minimum Gasteiger partial charge on any atom is -0.375 e. The summed E-state index contributed by atoms with van der Waals surface area (Å²) in [5, 5.41) is 2.29. The third kappa shape index (κ3) is 3.98. The summed E-state index contributed by atoms with van der Waals surface area (Å²) in [7, 11) is 0. The predicted molar refractivity (Wildman–Crippen MR) is 72.3 cm³/mol. The molecule has 2 rings (SSSR count). The Bertz CT molecular complexity index is 530. The second-order valence-electron chi connectivity index (χ2n) is 4.47. The van der Waals surface area contributed by atoms with Crippen molar-refractivity contribution in [3.05, 3.63) is 48.0 Å². The van der Waals surface area contributed by atoms with E-state index in [4.69, 9.17) is 10.5 Å². The minimum absolute atomic E-state index is 0.192. The second kappa shape index (κ2) is 6.59. The Kier molecular flexibility index (Phi) is 4.82. The molecule has 2 N–H and O–H groups in total. The number of nitrogens with two attached hydrogens (primary N) is 1. The topological polar surface area (TPSA) is 35.2 Å². The van der Waals surface area contributed by atoms with Crippen molar-refractivity contribution >= 4 is 10.8 Å². The van der Waals surface area contributed by atoms with Crippen molar-refractivity contribution < 1.29 is 13.5 Å². The lowest BCUT2D eigenvalue weighted by Gasteiger charge is -2.13. The van der Waals surface area contributed by atoms with Crippen molar-refractivity contribution in [2.45, 2.75) is 18.9 Å². The smallest absolute Gasteiger partial charge is 0.261 e. The van der Waals surface area contributed by atoms with Crippen molar-refractivity contribution in [1.82, 2.24) is 0 Å². The van der Waals surface area contributed by atoms with Gasteiger partial charge < -0.3 is 10.5 Å². The highest BCUT2D eigenvalue weighted by molar-refractivity contribution is 5.83. The highest BCUT2D eigenvalue weighted by atomic mass is 19.3. The van der Waals surface area contributed by atoms with Crippen molar-refractivity contribution in [2.75, 3.05) is 13.2 Å². The van der Waals surface area contributed by atoms with Gasteiger partial charge in [0.2, 0.25) is 0 Å². The van der Waals surface area contributed by atoms with E-state index in [1.165, 1.54) is 0 Å². The zero-order valence-corrected chi connectivity index (χ0v) is 10.6. The Hall–Kier alpha value is -1.52. The largest absolute Gasteiger partial charge is 0.375 e. The normalized spacial score (nSPS) is 13.1. The molecule has 0 aliphatic carbocycles. The lowest BCUT2D eigenvalue weighted by Crippen LogP contribution is -2.14. The second-order valence-corrected chi connectivity index (χ2v) is 4.47. The molecular weight excluding hydrogens is 248 g/mol. The summed E-state index contributed by atoms with van der Waals surface area (Å²) in [5.41, 5.74) is 7.03. The SMILES string of the molecule is NC(CCOCC(F)F)c1ccc2ccccc2c1. The molecule has 0 aromatic heterocycles. The number of rotatable bonds is 6. The Balaban J connectivity index is 1.95. The van der Waals surface area contributed by atoms with E-state index in [-0.39, 0.29) is 12.6 Å². The zero-order valence-electron chi connectivity index (χ0n) is 10.6. The first-order chi connectivity index (χ1) is 9.16. The van der Waals surface area contributed by atoms with Crippen LogP contribution >= 0.6 is 0 Å². The molecule has 2 aromatic rings. The van der Waals surface area contributed by atoms with E-state index in [2.05, 4.69) is 0 Å². The highest BCUT2D eigenvalue weighted by Gasteiger charge is 2.08. The van der Waals surface area contributed by atoms with Crippen LogP contribution in [0.4, 0.5) is 8.78 Å². The molecule has 0 heterocycles. The first-order valence-electron chi connectivity index (χ1n) is 6.27. The van der Waals surface area contributed by atoms with Crippen LogP contribution in [-0.2, 0) is 4.74 Å². The average Bonchev–Trinajstić information content (AvgIpc) is 2.42. The number of hydrogen-bond donors (Lipinski definition) is 1. The van der Waals surface area contributed by atoms with E-state index < -0.39 is 13.0 Å². The third-order valence-electron chi connectivity index (χ3n) is 3.02. The molecule has 0 radical (unpaired) electrons. The summed E-state index contributed by atoms with van der Waals surface area (Å²) >= 11 is 0. The molecule has 0 aliphatic rings. The van der Waals surface area contributed by atoms with E-state index in [1.807, 2.05) is 42.5 Å². The van der Waals surface area contributed by atoms with Gasteiger partial charge in [-0.05, 0) is 28.8 Å². The minimum atomic E-state index is -2.42. The maximum absolute atomic E-state index is 11.9. The van der Waals surface area contributed by atoms with Gasteiger partial charge in [-0.1, -0.05) is 36.4 Å². The van der Waals surface area contributed by atoms with Crippen molar-refractivity contribution in [3.63, 3.8) is 0 Å². The summed E-state index contributed by atoms with van der Waals surface area (Å²) in [4.78, 5) is 0. The predicted octanol–water partition coefficient (Wildman–Crippen LogP) is 3.51. The molecule has 4 heteroatoms. The Morgan fingerprint density at radius 3 is 2.53 bits per heavy atom. The quantitative estimate of drug-likeness (QED) is 0.811. The van der Waals surface area contributed by atoms with Gasteiger partial charge in [0.05, 0.1) is 0 Å².